The zero-order valence-electron chi connectivity index (χ0n) is 10.3. The summed E-state index contributed by atoms with van der Waals surface area (Å²) in [5.74, 6) is -0.153. The monoisotopic (exact) mass is 222 g/mol. The fraction of sp³-hybridized carbons (Fsp3) is 0.786. The summed E-state index contributed by atoms with van der Waals surface area (Å²) in [4.78, 5) is 11.3. The van der Waals surface area contributed by atoms with Crippen molar-refractivity contribution in [1.29, 1.82) is 0 Å². The SMILES string of the molecule is CCOC(=O)C=C1CCC2(CCCC2)CC1. The fourth-order valence-corrected chi connectivity index (χ4v) is 3.22. The molecule has 0 saturated heterocycles. The minimum atomic E-state index is -0.153. The van der Waals surface area contributed by atoms with Gasteiger partial charge in [-0.05, 0) is 50.9 Å². The average Bonchev–Trinajstić information content (AvgIpc) is 2.71. The van der Waals surface area contributed by atoms with Crippen molar-refractivity contribution in [3.05, 3.63) is 11.6 Å². The molecule has 0 aromatic rings. The van der Waals surface area contributed by atoms with Crippen LogP contribution >= 0.6 is 0 Å². The van der Waals surface area contributed by atoms with E-state index in [2.05, 4.69) is 0 Å². The number of esters is 1. The number of rotatable bonds is 2. The summed E-state index contributed by atoms with van der Waals surface area (Å²) in [6, 6.07) is 0. The Hall–Kier alpha value is -0.790. The molecule has 2 nitrogen and oxygen atoms in total. The first-order valence-corrected chi connectivity index (χ1v) is 6.60. The first-order chi connectivity index (χ1) is 7.74. The van der Waals surface area contributed by atoms with Crippen LogP contribution in [0.3, 0.4) is 0 Å². The standard InChI is InChI=1S/C14H22O2/c1-2-16-13(15)11-12-5-9-14(10-6-12)7-3-4-8-14/h11H,2-10H2,1H3. The highest BCUT2D eigenvalue weighted by atomic mass is 16.5. The quantitative estimate of drug-likeness (QED) is 0.527. The van der Waals surface area contributed by atoms with Gasteiger partial charge in [0.2, 0.25) is 0 Å². The molecule has 2 rings (SSSR count). The van der Waals surface area contributed by atoms with Crippen molar-refractivity contribution >= 4 is 5.97 Å². The normalized spacial score (nSPS) is 23.4. The van der Waals surface area contributed by atoms with E-state index in [0.717, 1.165) is 12.8 Å². The van der Waals surface area contributed by atoms with Crippen molar-refractivity contribution in [2.45, 2.75) is 58.3 Å². The van der Waals surface area contributed by atoms with Crippen LogP contribution in [0.5, 0.6) is 0 Å². The van der Waals surface area contributed by atoms with Crippen molar-refractivity contribution in [2.75, 3.05) is 6.61 Å². The average molecular weight is 222 g/mol. The molecule has 16 heavy (non-hydrogen) atoms. The van der Waals surface area contributed by atoms with Gasteiger partial charge in [-0.1, -0.05) is 18.4 Å². The van der Waals surface area contributed by atoms with Crippen molar-refractivity contribution < 1.29 is 9.53 Å². The Balaban J connectivity index is 1.87. The van der Waals surface area contributed by atoms with Crippen molar-refractivity contribution in [3.8, 4) is 0 Å². The highest BCUT2D eigenvalue weighted by Gasteiger charge is 2.35. The van der Waals surface area contributed by atoms with E-state index >= 15 is 0 Å². The number of carbonyl (C=O) groups is 1. The van der Waals surface area contributed by atoms with Crippen LogP contribution in [0.15, 0.2) is 11.6 Å². The second kappa shape index (κ2) is 5.03. The van der Waals surface area contributed by atoms with Crippen LogP contribution in [-0.2, 0) is 9.53 Å². The van der Waals surface area contributed by atoms with Crippen molar-refractivity contribution in [1.82, 2.24) is 0 Å². The van der Waals surface area contributed by atoms with Crippen molar-refractivity contribution in [3.63, 3.8) is 0 Å². The molecule has 2 saturated carbocycles. The first-order valence-electron chi connectivity index (χ1n) is 6.60. The molecule has 0 unspecified atom stereocenters. The summed E-state index contributed by atoms with van der Waals surface area (Å²) in [6.45, 7) is 2.33. The van der Waals surface area contributed by atoms with Crippen LogP contribution in [0, 0.1) is 5.41 Å². The molecule has 0 N–H and O–H groups in total. The van der Waals surface area contributed by atoms with Gasteiger partial charge >= 0.3 is 5.97 Å². The third kappa shape index (κ3) is 2.66. The van der Waals surface area contributed by atoms with E-state index in [0.29, 0.717) is 12.0 Å². The molecule has 90 valence electrons. The molecule has 0 heterocycles. The Labute approximate surface area is 98.1 Å². The molecule has 0 aromatic heterocycles. The lowest BCUT2D eigenvalue weighted by Crippen LogP contribution is -2.21. The minimum absolute atomic E-state index is 0.153. The number of hydrogen-bond donors (Lipinski definition) is 0. The Morgan fingerprint density at radius 3 is 2.44 bits per heavy atom. The van der Waals surface area contributed by atoms with E-state index in [-0.39, 0.29) is 5.97 Å². The van der Waals surface area contributed by atoms with E-state index in [1.807, 2.05) is 6.92 Å². The largest absolute Gasteiger partial charge is 0.463 e. The molecule has 0 aromatic carbocycles. The second-order valence-corrected chi connectivity index (χ2v) is 5.26. The van der Waals surface area contributed by atoms with E-state index in [1.165, 1.54) is 44.1 Å². The summed E-state index contributed by atoms with van der Waals surface area (Å²) in [5.41, 5.74) is 1.95. The molecule has 0 radical (unpaired) electrons. The second-order valence-electron chi connectivity index (χ2n) is 5.26. The lowest BCUT2D eigenvalue weighted by Gasteiger charge is -2.34. The maximum absolute atomic E-state index is 11.3. The molecule has 1 spiro atoms. The van der Waals surface area contributed by atoms with Crippen LogP contribution in [0.4, 0.5) is 0 Å². The Morgan fingerprint density at radius 1 is 1.25 bits per heavy atom. The molecule has 2 heteroatoms. The van der Waals surface area contributed by atoms with Crippen LogP contribution in [0.2, 0.25) is 0 Å². The number of hydrogen-bond acceptors (Lipinski definition) is 2. The molecule has 0 aliphatic heterocycles. The van der Waals surface area contributed by atoms with E-state index in [1.54, 1.807) is 6.08 Å². The van der Waals surface area contributed by atoms with Crippen LogP contribution < -0.4 is 0 Å². The number of allylic oxidation sites excluding steroid dienone is 1. The highest BCUT2D eigenvalue weighted by Crippen LogP contribution is 2.49. The molecule has 0 amide bonds. The Morgan fingerprint density at radius 2 is 1.88 bits per heavy atom. The van der Waals surface area contributed by atoms with Gasteiger partial charge in [0.05, 0.1) is 6.61 Å². The van der Waals surface area contributed by atoms with Gasteiger partial charge < -0.3 is 4.74 Å². The predicted octanol–water partition coefficient (Wildman–Crippen LogP) is 3.61. The zero-order valence-corrected chi connectivity index (χ0v) is 10.3. The smallest absolute Gasteiger partial charge is 0.330 e. The van der Waals surface area contributed by atoms with Crippen molar-refractivity contribution in [2.24, 2.45) is 5.41 Å². The summed E-state index contributed by atoms with van der Waals surface area (Å²) in [5, 5.41) is 0. The maximum Gasteiger partial charge on any atom is 0.330 e. The number of carbonyl (C=O) groups excluding carboxylic acids is 1. The molecule has 2 fully saturated rings. The van der Waals surface area contributed by atoms with Gasteiger partial charge in [-0.3, -0.25) is 0 Å². The third-order valence-corrected chi connectivity index (χ3v) is 4.23. The minimum Gasteiger partial charge on any atom is -0.463 e. The van der Waals surface area contributed by atoms with Crippen LogP contribution in [0.1, 0.15) is 58.3 Å². The van der Waals surface area contributed by atoms with E-state index in [9.17, 15) is 4.79 Å². The summed E-state index contributed by atoms with van der Waals surface area (Å²) in [6.07, 6.45) is 12.2. The van der Waals surface area contributed by atoms with E-state index < -0.39 is 0 Å². The van der Waals surface area contributed by atoms with Gasteiger partial charge in [0.25, 0.3) is 0 Å². The third-order valence-electron chi connectivity index (χ3n) is 4.23. The lowest BCUT2D eigenvalue weighted by atomic mass is 9.71. The summed E-state index contributed by atoms with van der Waals surface area (Å²) in [7, 11) is 0. The van der Waals surface area contributed by atoms with Crippen LogP contribution in [0.25, 0.3) is 0 Å². The summed E-state index contributed by atoms with van der Waals surface area (Å²) >= 11 is 0. The van der Waals surface area contributed by atoms with E-state index in [4.69, 9.17) is 4.74 Å². The Bertz CT molecular complexity index is 273. The van der Waals surface area contributed by atoms with Gasteiger partial charge in [-0.2, -0.15) is 0 Å². The molecule has 0 atom stereocenters. The fourth-order valence-electron chi connectivity index (χ4n) is 3.22. The Kier molecular flexibility index (Phi) is 3.67. The first kappa shape index (κ1) is 11.7. The molecule has 2 aliphatic carbocycles. The molecule has 2 aliphatic rings. The van der Waals surface area contributed by atoms with Crippen LogP contribution in [-0.4, -0.2) is 12.6 Å². The van der Waals surface area contributed by atoms with Gasteiger partial charge in [0, 0.05) is 6.08 Å². The topological polar surface area (TPSA) is 26.3 Å². The van der Waals surface area contributed by atoms with Gasteiger partial charge in [-0.25, -0.2) is 4.79 Å². The summed E-state index contributed by atoms with van der Waals surface area (Å²) < 4.78 is 4.95. The zero-order chi connectivity index (χ0) is 11.4. The van der Waals surface area contributed by atoms with Gasteiger partial charge in [0.15, 0.2) is 0 Å². The maximum atomic E-state index is 11.3. The molecule has 0 bridgehead atoms. The molecular formula is C14H22O2. The number of ether oxygens (including phenoxy) is 1. The predicted molar refractivity (Wildman–Crippen MR) is 64.1 cm³/mol. The van der Waals surface area contributed by atoms with Gasteiger partial charge in [-0.15, -0.1) is 0 Å². The molecular weight excluding hydrogens is 200 g/mol. The van der Waals surface area contributed by atoms with Gasteiger partial charge in [0.1, 0.15) is 0 Å². The lowest BCUT2D eigenvalue weighted by molar-refractivity contribution is -0.137. The highest BCUT2D eigenvalue weighted by molar-refractivity contribution is 5.82.